The Morgan fingerprint density at radius 2 is 1.92 bits per heavy atom. The van der Waals surface area contributed by atoms with Gasteiger partial charge in [0.25, 0.3) is 5.91 Å². The first-order valence-corrected chi connectivity index (χ1v) is 9.01. The van der Waals surface area contributed by atoms with Gasteiger partial charge in [0.1, 0.15) is 6.04 Å². The Labute approximate surface area is 140 Å². The Morgan fingerprint density at radius 1 is 1.29 bits per heavy atom. The van der Waals surface area contributed by atoms with Crippen LogP contribution in [0.2, 0.25) is 0 Å². The summed E-state index contributed by atoms with van der Waals surface area (Å²) in [6.45, 7) is 2.72. The first-order chi connectivity index (χ1) is 11.0. The SMILES string of the molecule is CC(=O)NCCN(C(=O)c1cccc(S(C)(=O)=O)c1)C(C)C(=O)O. The van der Waals surface area contributed by atoms with Crippen molar-refractivity contribution in [2.75, 3.05) is 19.3 Å². The molecule has 0 spiro atoms. The maximum atomic E-state index is 12.6. The van der Waals surface area contributed by atoms with Crippen LogP contribution < -0.4 is 5.32 Å². The van der Waals surface area contributed by atoms with E-state index in [4.69, 9.17) is 5.11 Å². The Bertz CT molecular complexity index is 744. The molecule has 24 heavy (non-hydrogen) atoms. The zero-order valence-corrected chi connectivity index (χ0v) is 14.5. The van der Waals surface area contributed by atoms with Gasteiger partial charge in [-0.3, -0.25) is 9.59 Å². The van der Waals surface area contributed by atoms with Gasteiger partial charge in [0.2, 0.25) is 5.91 Å². The molecule has 1 aromatic carbocycles. The number of nitrogens with one attached hydrogen (secondary N) is 1. The third kappa shape index (κ3) is 5.34. The van der Waals surface area contributed by atoms with Crippen LogP contribution in [0.25, 0.3) is 0 Å². The number of carboxylic acids is 1. The molecule has 1 aromatic rings. The first kappa shape index (κ1) is 19.6. The Kier molecular flexibility index (Phi) is 6.47. The van der Waals surface area contributed by atoms with Gasteiger partial charge in [0.15, 0.2) is 9.84 Å². The molecular weight excluding hydrogens is 336 g/mol. The van der Waals surface area contributed by atoms with Crippen molar-refractivity contribution in [1.82, 2.24) is 10.2 Å². The predicted molar refractivity (Wildman–Crippen MR) is 86.4 cm³/mol. The van der Waals surface area contributed by atoms with Gasteiger partial charge >= 0.3 is 5.97 Å². The highest BCUT2D eigenvalue weighted by Crippen LogP contribution is 2.14. The fourth-order valence-electron chi connectivity index (χ4n) is 1.98. The number of carboxylic acid groups (broad SMARTS) is 1. The van der Waals surface area contributed by atoms with E-state index in [-0.39, 0.29) is 29.5 Å². The number of amides is 2. The van der Waals surface area contributed by atoms with Crippen LogP contribution in [0.3, 0.4) is 0 Å². The minimum Gasteiger partial charge on any atom is -0.480 e. The smallest absolute Gasteiger partial charge is 0.326 e. The van der Waals surface area contributed by atoms with Crippen LogP contribution >= 0.6 is 0 Å². The van der Waals surface area contributed by atoms with Crippen molar-refractivity contribution in [3.63, 3.8) is 0 Å². The number of aliphatic carboxylic acids is 1. The summed E-state index contributed by atoms with van der Waals surface area (Å²) in [5.74, 6) is -2.13. The summed E-state index contributed by atoms with van der Waals surface area (Å²) < 4.78 is 23.2. The van der Waals surface area contributed by atoms with E-state index in [0.29, 0.717) is 0 Å². The quantitative estimate of drug-likeness (QED) is 0.717. The molecule has 0 fully saturated rings. The topological polar surface area (TPSA) is 121 Å². The summed E-state index contributed by atoms with van der Waals surface area (Å²) in [6, 6.07) is 4.26. The number of carbonyl (C=O) groups is 3. The van der Waals surface area contributed by atoms with Crippen molar-refractivity contribution in [2.24, 2.45) is 0 Å². The first-order valence-electron chi connectivity index (χ1n) is 7.12. The van der Waals surface area contributed by atoms with Crippen LogP contribution in [0.1, 0.15) is 24.2 Å². The van der Waals surface area contributed by atoms with Gasteiger partial charge in [0.05, 0.1) is 4.90 Å². The molecule has 0 aromatic heterocycles. The third-order valence-electron chi connectivity index (χ3n) is 3.32. The van der Waals surface area contributed by atoms with Crippen molar-refractivity contribution in [3.05, 3.63) is 29.8 Å². The van der Waals surface area contributed by atoms with E-state index >= 15 is 0 Å². The molecule has 2 N–H and O–H groups in total. The van der Waals surface area contributed by atoms with E-state index in [0.717, 1.165) is 11.2 Å². The number of sulfone groups is 1. The minimum absolute atomic E-state index is 0.0189. The minimum atomic E-state index is -3.49. The van der Waals surface area contributed by atoms with Crippen molar-refractivity contribution in [1.29, 1.82) is 0 Å². The van der Waals surface area contributed by atoms with Gasteiger partial charge in [-0.1, -0.05) is 6.07 Å². The van der Waals surface area contributed by atoms with Gasteiger partial charge in [0, 0.05) is 31.8 Å². The number of rotatable bonds is 7. The van der Waals surface area contributed by atoms with Gasteiger partial charge in [-0.25, -0.2) is 13.2 Å². The third-order valence-corrected chi connectivity index (χ3v) is 4.43. The Hall–Kier alpha value is -2.42. The molecule has 0 saturated carbocycles. The van der Waals surface area contributed by atoms with Gasteiger partial charge < -0.3 is 15.3 Å². The maximum Gasteiger partial charge on any atom is 0.326 e. The van der Waals surface area contributed by atoms with E-state index in [2.05, 4.69) is 5.32 Å². The normalized spacial score (nSPS) is 12.3. The maximum absolute atomic E-state index is 12.6. The van der Waals surface area contributed by atoms with E-state index in [1.165, 1.54) is 38.1 Å². The van der Waals surface area contributed by atoms with Gasteiger partial charge in [-0.05, 0) is 25.1 Å². The second kappa shape index (κ2) is 7.91. The van der Waals surface area contributed by atoms with Crippen LogP contribution in [0.5, 0.6) is 0 Å². The summed E-state index contributed by atoms with van der Waals surface area (Å²) in [6.07, 6.45) is 1.02. The molecule has 2 amide bonds. The molecule has 1 atom stereocenters. The summed E-state index contributed by atoms with van der Waals surface area (Å²) in [5.41, 5.74) is 0.0637. The predicted octanol–water partition coefficient (Wildman–Crippen LogP) is 0.141. The fraction of sp³-hybridized carbons (Fsp3) is 0.400. The van der Waals surface area contributed by atoms with Crippen LogP contribution in [0, 0.1) is 0 Å². The molecule has 0 aliphatic carbocycles. The molecule has 1 unspecified atom stereocenters. The van der Waals surface area contributed by atoms with Crippen LogP contribution in [-0.4, -0.2) is 61.6 Å². The summed E-state index contributed by atoms with van der Waals surface area (Å²) in [7, 11) is -3.49. The van der Waals surface area contributed by atoms with Gasteiger partial charge in [-0.2, -0.15) is 0 Å². The molecule has 132 valence electrons. The van der Waals surface area contributed by atoms with Crippen molar-refractivity contribution in [2.45, 2.75) is 24.8 Å². The summed E-state index contributed by atoms with van der Waals surface area (Å²) >= 11 is 0. The van der Waals surface area contributed by atoms with E-state index in [1.54, 1.807) is 0 Å². The monoisotopic (exact) mass is 356 g/mol. The molecule has 0 aliphatic rings. The second-order valence-electron chi connectivity index (χ2n) is 5.30. The molecule has 9 heteroatoms. The highest BCUT2D eigenvalue weighted by atomic mass is 32.2. The van der Waals surface area contributed by atoms with E-state index in [9.17, 15) is 22.8 Å². The summed E-state index contributed by atoms with van der Waals surface area (Å²) in [5, 5.41) is 11.7. The van der Waals surface area contributed by atoms with E-state index < -0.39 is 27.8 Å². The van der Waals surface area contributed by atoms with Crippen molar-refractivity contribution < 1.29 is 27.9 Å². The average molecular weight is 356 g/mol. The Balaban J connectivity index is 3.11. The highest BCUT2D eigenvalue weighted by molar-refractivity contribution is 7.90. The van der Waals surface area contributed by atoms with Crippen molar-refractivity contribution in [3.8, 4) is 0 Å². The number of hydrogen-bond donors (Lipinski definition) is 2. The molecule has 0 aliphatic heterocycles. The van der Waals surface area contributed by atoms with Crippen LogP contribution in [0.15, 0.2) is 29.2 Å². The highest BCUT2D eigenvalue weighted by Gasteiger charge is 2.26. The van der Waals surface area contributed by atoms with Crippen LogP contribution in [0.4, 0.5) is 0 Å². The average Bonchev–Trinajstić information content (AvgIpc) is 2.49. The number of nitrogens with zero attached hydrogens (tertiary/aromatic N) is 1. The molecule has 0 bridgehead atoms. The lowest BCUT2D eigenvalue weighted by Gasteiger charge is -2.26. The number of hydrogen-bond acceptors (Lipinski definition) is 5. The standard InChI is InChI=1S/C15H20N2O6S/c1-10(15(20)21)17(8-7-16-11(2)18)14(19)12-5-4-6-13(9-12)24(3,22)23/h4-6,9-10H,7-8H2,1-3H3,(H,16,18)(H,20,21). The van der Waals surface area contributed by atoms with Gasteiger partial charge in [-0.15, -0.1) is 0 Å². The van der Waals surface area contributed by atoms with Crippen molar-refractivity contribution >= 4 is 27.6 Å². The molecular formula is C15H20N2O6S. The second-order valence-corrected chi connectivity index (χ2v) is 7.31. The number of carbonyl (C=O) groups excluding carboxylic acids is 2. The molecule has 0 radical (unpaired) electrons. The largest absolute Gasteiger partial charge is 0.480 e. The van der Waals surface area contributed by atoms with E-state index in [1.807, 2.05) is 0 Å². The lowest BCUT2D eigenvalue weighted by atomic mass is 10.1. The lowest BCUT2D eigenvalue weighted by Crippen LogP contribution is -2.46. The Morgan fingerprint density at radius 3 is 2.42 bits per heavy atom. The molecule has 8 nitrogen and oxygen atoms in total. The fourth-order valence-corrected chi connectivity index (χ4v) is 2.65. The molecule has 0 heterocycles. The van der Waals surface area contributed by atoms with Crippen LogP contribution in [-0.2, 0) is 19.4 Å². The summed E-state index contributed by atoms with van der Waals surface area (Å²) in [4.78, 5) is 35.8. The number of benzene rings is 1. The molecule has 1 rings (SSSR count). The molecule has 0 saturated heterocycles. The lowest BCUT2D eigenvalue weighted by molar-refractivity contribution is -0.141. The zero-order chi connectivity index (χ0) is 18.5. The zero-order valence-electron chi connectivity index (χ0n) is 13.6.